The number of amides is 2. The number of ketones is 1. The van der Waals surface area contributed by atoms with Crippen molar-refractivity contribution in [1.29, 1.82) is 0 Å². The number of aryl methyl sites for hydroxylation is 1. The molecule has 0 spiro atoms. The van der Waals surface area contributed by atoms with Crippen molar-refractivity contribution in [3.8, 4) is 0 Å². The molecular formula is C20H17NO5. The number of anilines is 1. The fourth-order valence-electron chi connectivity index (χ4n) is 2.73. The molecule has 0 aromatic heterocycles. The van der Waals surface area contributed by atoms with Crippen LogP contribution in [0.25, 0.3) is 0 Å². The van der Waals surface area contributed by atoms with Gasteiger partial charge < -0.3 is 4.74 Å². The summed E-state index contributed by atoms with van der Waals surface area (Å²) in [5, 5.41) is 0. The zero-order valence-electron chi connectivity index (χ0n) is 14.4. The monoisotopic (exact) mass is 351 g/mol. The summed E-state index contributed by atoms with van der Waals surface area (Å²) >= 11 is 0. The predicted octanol–water partition coefficient (Wildman–Crippen LogP) is 2.80. The van der Waals surface area contributed by atoms with Crippen molar-refractivity contribution in [3.05, 3.63) is 64.7 Å². The molecule has 6 nitrogen and oxygen atoms in total. The largest absolute Gasteiger partial charge is 0.454 e. The zero-order valence-corrected chi connectivity index (χ0v) is 14.4. The summed E-state index contributed by atoms with van der Waals surface area (Å²) in [5.74, 6) is -1.92. The van der Waals surface area contributed by atoms with Gasteiger partial charge in [0.05, 0.1) is 22.4 Å². The SMILES string of the molecule is CCc1ccc(N2C(=O)c3ccc(C(=O)OCC(C)=O)cc3C2=O)cc1. The average Bonchev–Trinajstić information content (AvgIpc) is 2.90. The van der Waals surface area contributed by atoms with Gasteiger partial charge in [-0.15, -0.1) is 0 Å². The van der Waals surface area contributed by atoms with E-state index in [1.807, 2.05) is 19.1 Å². The minimum atomic E-state index is -0.714. The molecule has 0 bridgehead atoms. The number of imide groups is 1. The molecule has 3 rings (SSSR count). The van der Waals surface area contributed by atoms with Gasteiger partial charge in [0.15, 0.2) is 5.78 Å². The molecule has 1 aliphatic heterocycles. The lowest BCUT2D eigenvalue weighted by Gasteiger charge is -2.14. The van der Waals surface area contributed by atoms with Crippen molar-refractivity contribution in [2.24, 2.45) is 0 Å². The van der Waals surface area contributed by atoms with Gasteiger partial charge in [-0.1, -0.05) is 19.1 Å². The van der Waals surface area contributed by atoms with Crippen LogP contribution in [0.5, 0.6) is 0 Å². The van der Waals surface area contributed by atoms with Crippen LogP contribution in [-0.2, 0) is 16.0 Å². The first-order valence-electron chi connectivity index (χ1n) is 8.20. The number of carbonyl (C=O) groups excluding carboxylic acids is 4. The summed E-state index contributed by atoms with van der Waals surface area (Å²) in [6.07, 6.45) is 0.855. The molecule has 0 atom stereocenters. The highest BCUT2D eigenvalue weighted by Gasteiger charge is 2.37. The molecule has 0 unspecified atom stereocenters. The second kappa shape index (κ2) is 6.92. The van der Waals surface area contributed by atoms with Crippen molar-refractivity contribution in [3.63, 3.8) is 0 Å². The Labute approximate surface area is 150 Å². The van der Waals surface area contributed by atoms with E-state index >= 15 is 0 Å². The number of Topliss-reactive ketones (excluding diaryl/α,β-unsaturated/α-hetero) is 1. The molecule has 2 amide bonds. The molecule has 0 saturated heterocycles. The summed E-state index contributed by atoms with van der Waals surface area (Å²) < 4.78 is 4.85. The molecule has 0 fully saturated rings. The smallest absolute Gasteiger partial charge is 0.338 e. The lowest BCUT2D eigenvalue weighted by molar-refractivity contribution is -0.120. The summed E-state index contributed by atoms with van der Waals surface area (Å²) in [5.41, 5.74) is 2.08. The van der Waals surface area contributed by atoms with Crippen LogP contribution in [-0.4, -0.2) is 30.2 Å². The summed E-state index contributed by atoms with van der Waals surface area (Å²) in [4.78, 5) is 49.3. The zero-order chi connectivity index (χ0) is 18.8. The van der Waals surface area contributed by atoms with Crippen molar-refractivity contribution in [2.45, 2.75) is 20.3 Å². The molecular weight excluding hydrogens is 334 g/mol. The van der Waals surface area contributed by atoms with E-state index in [0.717, 1.165) is 16.9 Å². The predicted molar refractivity (Wildman–Crippen MR) is 94.4 cm³/mol. The highest BCUT2D eigenvalue weighted by molar-refractivity contribution is 6.34. The van der Waals surface area contributed by atoms with Crippen molar-refractivity contribution in [1.82, 2.24) is 0 Å². The fourth-order valence-corrected chi connectivity index (χ4v) is 2.73. The molecule has 2 aromatic carbocycles. The van der Waals surface area contributed by atoms with Gasteiger partial charge in [0.25, 0.3) is 11.8 Å². The molecule has 2 aromatic rings. The molecule has 1 aliphatic rings. The molecule has 0 radical (unpaired) electrons. The molecule has 6 heteroatoms. The maximum absolute atomic E-state index is 12.7. The standard InChI is InChI=1S/C20H17NO5/c1-3-13-4-7-15(8-5-13)21-18(23)16-9-6-14(10-17(16)19(21)24)20(25)26-11-12(2)22/h4-10H,3,11H2,1-2H3. The van der Waals surface area contributed by atoms with E-state index in [9.17, 15) is 19.2 Å². The van der Waals surface area contributed by atoms with E-state index in [1.54, 1.807) is 12.1 Å². The van der Waals surface area contributed by atoms with Crippen LogP contribution < -0.4 is 4.90 Å². The van der Waals surface area contributed by atoms with Gasteiger partial charge >= 0.3 is 5.97 Å². The lowest BCUT2D eigenvalue weighted by atomic mass is 10.1. The maximum Gasteiger partial charge on any atom is 0.338 e. The van der Waals surface area contributed by atoms with Crippen LogP contribution in [0, 0.1) is 0 Å². The second-order valence-corrected chi connectivity index (χ2v) is 6.00. The van der Waals surface area contributed by atoms with Crippen molar-refractivity contribution >= 4 is 29.3 Å². The Morgan fingerprint density at radius 1 is 0.962 bits per heavy atom. The third-order valence-corrected chi connectivity index (χ3v) is 4.13. The van der Waals surface area contributed by atoms with Gasteiger partial charge in [-0.2, -0.15) is 0 Å². The number of nitrogens with zero attached hydrogens (tertiary/aromatic N) is 1. The van der Waals surface area contributed by atoms with E-state index in [2.05, 4.69) is 0 Å². The van der Waals surface area contributed by atoms with Gasteiger partial charge in [0.1, 0.15) is 6.61 Å². The number of rotatable bonds is 5. The van der Waals surface area contributed by atoms with Crippen LogP contribution in [0.2, 0.25) is 0 Å². The third kappa shape index (κ3) is 3.13. The Balaban J connectivity index is 1.89. The van der Waals surface area contributed by atoms with Gasteiger partial charge in [0, 0.05) is 0 Å². The highest BCUT2D eigenvalue weighted by atomic mass is 16.5. The average molecular weight is 351 g/mol. The Hall–Kier alpha value is -3.28. The quantitative estimate of drug-likeness (QED) is 0.611. The van der Waals surface area contributed by atoms with Gasteiger partial charge in [0.2, 0.25) is 0 Å². The topological polar surface area (TPSA) is 80.8 Å². The lowest BCUT2D eigenvalue weighted by Crippen LogP contribution is -2.29. The minimum Gasteiger partial charge on any atom is -0.454 e. The highest BCUT2D eigenvalue weighted by Crippen LogP contribution is 2.29. The number of hydrogen-bond donors (Lipinski definition) is 0. The molecule has 132 valence electrons. The molecule has 26 heavy (non-hydrogen) atoms. The first-order valence-corrected chi connectivity index (χ1v) is 8.20. The summed E-state index contributed by atoms with van der Waals surface area (Å²) in [6.45, 7) is 2.99. The summed E-state index contributed by atoms with van der Waals surface area (Å²) in [6, 6.07) is 11.4. The molecule has 0 saturated carbocycles. The van der Waals surface area contributed by atoms with Gasteiger partial charge in [-0.05, 0) is 49.2 Å². The Morgan fingerprint density at radius 2 is 1.62 bits per heavy atom. The third-order valence-electron chi connectivity index (χ3n) is 4.13. The van der Waals surface area contributed by atoms with Crippen molar-refractivity contribution < 1.29 is 23.9 Å². The first kappa shape index (κ1) is 17.5. The van der Waals surface area contributed by atoms with Crippen molar-refractivity contribution in [2.75, 3.05) is 11.5 Å². The summed E-state index contributed by atoms with van der Waals surface area (Å²) in [7, 11) is 0. The minimum absolute atomic E-state index is 0.120. The number of fused-ring (bicyclic) bond motifs is 1. The van der Waals surface area contributed by atoms with E-state index in [-0.39, 0.29) is 29.1 Å². The molecule has 1 heterocycles. The number of hydrogen-bond acceptors (Lipinski definition) is 5. The Bertz CT molecular complexity index is 914. The maximum atomic E-state index is 12.7. The van der Waals surface area contributed by atoms with Crippen LogP contribution in [0.15, 0.2) is 42.5 Å². The van der Waals surface area contributed by atoms with E-state index < -0.39 is 17.8 Å². The number of ether oxygens (including phenoxy) is 1. The van der Waals surface area contributed by atoms with E-state index in [4.69, 9.17) is 4.74 Å². The van der Waals surface area contributed by atoms with Crippen LogP contribution in [0.1, 0.15) is 50.5 Å². The normalized spacial score (nSPS) is 12.9. The van der Waals surface area contributed by atoms with Crippen LogP contribution >= 0.6 is 0 Å². The Morgan fingerprint density at radius 3 is 2.23 bits per heavy atom. The fraction of sp³-hybridized carbons (Fsp3) is 0.200. The van der Waals surface area contributed by atoms with E-state index in [0.29, 0.717) is 5.69 Å². The first-order chi connectivity index (χ1) is 12.4. The van der Waals surface area contributed by atoms with Crippen LogP contribution in [0.3, 0.4) is 0 Å². The number of benzene rings is 2. The number of esters is 1. The van der Waals surface area contributed by atoms with E-state index in [1.165, 1.54) is 25.1 Å². The van der Waals surface area contributed by atoms with Gasteiger partial charge in [-0.25, -0.2) is 9.69 Å². The van der Waals surface area contributed by atoms with Crippen LogP contribution in [0.4, 0.5) is 5.69 Å². The van der Waals surface area contributed by atoms with Gasteiger partial charge in [-0.3, -0.25) is 14.4 Å². The molecule has 0 aliphatic carbocycles. The Kier molecular flexibility index (Phi) is 4.67. The molecule has 0 N–H and O–H groups in total. The number of carbonyl (C=O) groups is 4. The second-order valence-electron chi connectivity index (χ2n) is 6.00.